The van der Waals surface area contributed by atoms with Crippen LogP contribution in [0.25, 0.3) is 67.8 Å². The second-order valence-corrected chi connectivity index (χ2v) is 12.2. The average molecular weight is 635 g/mol. The molecule has 0 amide bonds. The van der Waals surface area contributed by atoms with Gasteiger partial charge in [-0.05, 0) is 62.4 Å². The zero-order valence-corrected chi connectivity index (χ0v) is 27.3. The van der Waals surface area contributed by atoms with Crippen molar-refractivity contribution in [3.05, 3.63) is 169 Å². The van der Waals surface area contributed by atoms with Gasteiger partial charge in [0.05, 0.1) is 22.8 Å². The summed E-state index contributed by atoms with van der Waals surface area (Å²) in [5.74, 6) is 3.19. The fourth-order valence-corrected chi connectivity index (χ4v) is 5.99. The van der Waals surface area contributed by atoms with E-state index in [4.69, 9.17) is 14.7 Å². The molecule has 0 atom stereocenters. The van der Waals surface area contributed by atoms with E-state index in [1.807, 2.05) is 60.7 Å². The lowest BCUT2D eigenvalue weighted by Gasteiger charge is -2.09. The Labute approximate surface area is 286 Å². The predicted octanol–water partition coefficient (Wildman–Crippen LogP) is 11.5. The Morgan fingerprint density at radius 2 is 0.714 bits per heavy atom. The minimum atomic E-state index is 0.754. The summed E-state index contributed by atoms with van der Waals surface area (Å²) in [4.78, 5) is 17.3. The Hall–Kier alpha value is -6.46. The highest BCUT2D eigenvalue weighted by Crippen LogP contribution is 2.36. The van der Waals surface area contributed by atoms with Crippen molar-refractivity contribution in [2.45, 2.75) is 13.8 Å². The molecule has 8 rings (SSSR count). The smallest absolute Gasteiger partial charge is 0.138 e. The maximum atomic E-state index is 6.31. The zero-order chi connectivity index (χ0) is 33.2. The van der Waals surface area contributed by atoms with Crippen LogP contribution in [0.4, 0.5) is 0 Å². The molecule has 8 aromatic rings. The molecule has 0 spiro atoms. The lowest BCUT2D eigenvalue weighted by atomic mass is 10.0. The number of nitrogens with zero attached hydrogens (tertiary/aromatic N) is 2. The van der Waals surface area contributed by atoms with E-state index in [2.05, 4.69) is 121 Å². The van der Waals surface area contributed by atoms with E-state index < -0.39 is 0 Å². The van der Waals surface area contributed by atoms with Gasteiger partial charge in [-0.15, -0.1) is 0 Å². The van der Waals surface area contributed by atoms with Gasteiger partial charge in [-0.25, -0.2) is 9.97 Å². The largest absolute Gasteiger partial charge is 0.457 e. The van der Waals surface area contributed by atoms with Crippen LogP contribution in [0.1, 0.15) is 11.1 Å². The first-order chi connectivity index (χ1) is 24.1. The number of benzene rings is 6. The maximum Gasteiger partial charge on any atom is 0.138 e. The van der Waals surface area contributed by atoms with E-state index in [0.29, 0.717) is 0 Å². The van der Waals surface area contributed by atoms with Crippen molar-refractivity contribution in [3.63, 3.8) is 0 Å². The van der Waals surface area contributed by atoms with Gasteiger partial charge in [-0.1, -0.05) is 120 Å². The van der Waals surface area contributed by atoms with Crippen LogP contribution in [0.5, 0.6) is 11.5 Å². The molecule has 0 radical (unpaired) electrons. The second kappa shape index (κ2) is 13.0. The van der Waals surface area contributed by atoms with Crippen LogP contribution in [-0.4, -0.2) is 19.9 Å². The van der Waals surface area contributed by atoms with Crippen molar-refractivity contribution in [2.24, 2.45) is 0 Å². The van der Waals surface area contributed by atoms with Crippen molar-refractivity contribution < 1.29 is 4.74 Å². The second-order valence-electron chi connectivity index (χ2n) is 12.2. The molecule has 2 N–H and O–H groups in total. The first-order valence-corrected chi connectivity index (χ1v) is 16.4. The van der Waals surface area contributed by atoms with Gasteiger partial charge in [0.15, 0.2) is 0 Å². The topological polar surface area (TPSA) is 66.6 Å². The van der Waals surface area contributed by atoms with Gasteiger partial charge in [0.2, 0.25) is 0 Å². The van der Waals surface area contributed by atoms with Crippen molar-refractivity contribution in [1.82, 2.24) is 19.9 Å². The summed E-state index contributed by atoms with van der Waals surface area (Å²) in [6.07, 6.45) is 0. The Morgan fingerprint density at radius 3 is 1.08 bits per heavy atom. The summed E-state index contributed by atoms with van der Waals surface area (Å²) in [5, 5.41) is 0. The molecule has 0 saturated carbocycles. The predicted molar refractivity (Wildman–Crippen MR) is 199 cm³/mol. The first-order valence-electron chi connectivity index (χ1n) is 16.4. The summed E-state index contributed by atoms with van der Waals surface area (Å²) in [5.41, 5.74) is 12.5. The van der Waals surface area contributed by atoms with Gasteiger partial charge in [0, 0.05) is 33.4 Å². The monoisotopic (exact) mass is 634 g/mol. The Kier molecular flexibility index (Phi) is 7.92. The molecule has 0 saturated heterocycles. The number of aromatic nitrogens is 4. The highest BCUT2D eigenvalue weighted by atomic mass is 16.5. The zero-order valence-electron chi connectivity index (χ0n) is 27.3. The van der Waals surface area contributed by atoms with E-state index in [1.165, 1.54) is 11.1 Å². The SMILES string of the molecule is Cc1ccc(-c2nc(-c3ccccc3)c(-c3ccc(Oc4ccc(-c5[nH]c(-c6ccc(C)cc6)nc5-c5ccccc5)cc4)cc3)[nH]2)cc1. The minimum Gasteiger partial charge on any atom is -0.457 e. The molecular weight excluding hydrogens is 601 g/mol. The molecule has 236 valence electrons. The van der Waals surface area contributed by atoms with Crippen molar-refractivity contribution in [2.75, 3.05) is 0 Å². The Morgan fingerprint density at radius 1 is 0.367 bits per heavy atom. The fourth-order valence-electron chi connectivity index (χ4n) is 5.99. The van der Waals surface area contributed by atoms with Crippen molar-refractivity contribution in [1.29, 1.82) is 0 Å². The summed E-state index contributed by atoms with van der Waals surface area (Å²) >= 11 is 0. The highest BCUT2D eigenvalue weighted by Gasteiger charge is 2.17. The van der Waals surface area contributed by atoms with E-state index in [-0.39, 0.29) is 0 Å². The molecule has 5 nitrogen and oxygen atoms in total. The number of nitrogens with one attached hydrogen (secondary N) is 2. The van der Waals surface area contributed by atoms with Crippen LogP contribution in [0.15, 0.2) is 158 Å². The Balaban J connectivity index is 1.06. The highest BCUT2D eigenvalue weighted by molar-refractivity contribution is 5.83. The molecule has 0 aliphatic rings. The van der Waals surface area contributed by atoms with Gasteiger partial charge in [-0.2, -0.15) is 0 Å². The fraction of sp³-hybridized carbons (Fsp3) is 0.0455. The van der Waals surface area contributed by atoms with E-state index in [0.717, 1.165) is 79.3 Å². The van der Waals surface area contributed by atoms with E-state index >= 15 is 0 Å². The summed E-state index contributed by atoms with van der Waals surface area (Å²) in [6, 6.07) is 53.7. The first kappa shape index (κ1) is 29.9. The van der Waals surface area contributed by atoms with Gasteiger partial charge in [0.1, 0.15) is 23.1 Å². The van der Waals surface area contributed by atoms with Crippen LogP contribution in [0, 0.1) is 13.8 Å². The molecule has 0 unspecified atom stereocenters. The van der Waals surface area contributed by atoms with Crippen LogP contribution in [-0.2, 0) is 0 Å². The molecule has 0 fully saturated rings. The van der Waals surface area contributed by atoms with Gasteiger partial charge < -0.3 is 14.7 Å². The number of ether oxygens (including phenoxy) is 1. The third-order valence-electron chi connectivity index (χ3n) is 8.67. The summed E-state index contributed by atoms with van der Waals surface area (Å²) in [6.45, 7) is 4.18. The van der Waals surface area contributed by atoms with Crippen LogP contribution >= 0.6 is 0 Å². The van der Waals surface area contributed by atoms with Gasteiger partial charge in [0.25, 0.3) is 0 Å². The normalized spacial score (nSPS) is 11.1. The third-order valence-corrected chi connectivity index (χ3v) is 8.67. The molecule has 0 aliphatic heterocycles. The molecule has 0 bridgehead atoms. The van der Waals surface area contributed by atoms with Crippen LogP contribution in [0.2, 0.25) is 0 Å². The minimum absolute atomic E-state index is 0.754. The molecular formula is C44H34N4O. The van der Waals surface area contributed by atoms with E-state index in [9.17, 15) is 0 Å². The number of rotatable bonds is 8. The molecule has 6 aromatic carbocycles. The van der Waals surface area contributed by atoms with Crippen LogP contribution in [0.3, 0.4) is 0 Å². The van der Waals surface area contributed by atoms with Gasteiger partial charge >= 0.3 is 0 Å². The summed E-state index contributed by atoms with van der Waals surface area (Å²) in [7, 11) is 0. The number of imidazole rings is 2. The van der Waals surface area contributed by atoms with Crippen molar-refractivity contribution in [3.8, 4) is 79.3 Å². The quantitative estimate of drug-likeness (QED) is 0.175. The summed E-state index contributed by atoms with van der Waals surface area (Å²) < 4.78 is 6.31. The molecule has 2 aromatic heterocycles. The average Bonchev–Trinajstić information content (AvgIpc) is 3.80. The molecule has 0 aliphatic carbocycles. The number of hydrogen-bond donors (Lipinski definition) is 2. The lowest BCUT2D eigenvalue weighted by molar-refractivity contribution is 0.483. The van der Waals surface area contributed by atoms with Gasteiger partial charge in [-0.3, -0.25) is 0 Å². The third kappa shape index (κ3) is 6.30. The van der Waals surface area contributed by atoms with E-state index in [1.54, 1.807) is 0 Å². The number of aromatic amines is 2. The van der Waals surface area contributed by atoms with Crippen molar-refractivity contribution >= 4 is 0 Å². The number of hydrogen-bond acceptors (Lipinski definition) is 3. The lowest BCUT2D eigenvalue weighted by Crippen LogP contribution is -1.88. The molecule has 2 heterocycles. The molecule has 5 heteroatoms. The number of H-pyrrole nitrogens is 2. The maximum absolute atomic E-state index is 6.31. The molecule has 49 heavy (non-hydrogen) atoms. The number of aryl methyl sites for hydroxylation is 2. The Bertz CT molecular complexity index is 2150. The van der Waals surface area contributed by atoms with Crippen LogP contribution < -0.4 is 4.74 Å². The standard InChI is InChI=1S/C44H34N4O/c1-29-13-17-35(18-14-29)43-45-39(31-9-5-3-6-10-31)41(47-43)33-21-25-37(26-22-33)49-38-27-23-34(24-28-38)42-40(32-11-7-4-8-12-32)46-44(48-42)36-19-15-30(2)16-20-36/h3-28H,1-2H3,(H,45,47)(H,46,48).